The maximum Gasteiger partial charge on any atom is 0.437 e. The molecule has 7 unspecified atom stereocenters. The lowest BCUT2D eigenvalue weighted by molar-refractivity contribution is -0.122. The molecule has 1 aromatic rings. The van der Waals surface area contributed by atoms with Crippen LogP contribution in [0.15, 0.2) is 28.2 Å². The van der Waals surface area contributed by atoms with E-state index in [1.165, 1.54) is 0 Å². The maximum atomic E-state index is 13.1. The Labute approximate surface area is 463 Å². The van der Waals surface area contributed by atoms with Crippen LogP contribution in [0.3, 0.4) is 0 Å². The van der Waals surface area contributed by atoms with E-state index in [1.807, 2.05) is 23.5 Å². The SMILES string of the molecule is C#CCOCCNC(O)c1cc(NC(=O)CCCCCNC(=O)CCCCC2SCC3N/C(=N/C(=O)OC(C)(C)C)NC32)cc(NC(=O)CCCCCNC(=O)CCCCC2SCC3N/C(=N\C(=O)OC(C)(C)C)NC32)c1. The third-order valence-corrected chi connectivity index (χ3v) is 15.8. The molecule has 23 heteroatoms. The van der Waals surface area contributed by atoms with Gasteiger partial charge < -0.3 is 61.9 Å². The van der Waals surface area contributed by atoms with Crippen molar-refractivity contribution in [1.82, 2.24) is 37.2 Å². The molecule has 6 amide bonds. The van der Waals surface area contributed by atoms with E-state index in [2.05, 4.69) is 63.8 Å². The first kappa shape index (κ1) is 62.6. The number of guanidine groups is 2. The molecule has 0 aliphatic carbocycles. The number of aliphatic imine (C=N–C) groups is 2. The molecular formula is C54H85N11O10S2. The van der Waals surface area contributed by atoms with E-state index in [9.17, 15) is 33.9 Å². The number of nitrogens with zero attached hydrogens (tertiary/aromatic N) is 2. The maximum absolute atomic E-state index is 13.1. The smallest absolute Gasteiger partial charge is 0.437 e. The fraction of sp³-hybridized carbons (Fsp3) is 0.704. The zero-order valence-corrected chi connectivity index (χ0v) is 47.6. The third kappa shape index (κ3) is 24.1. The number of amides is 6. The summed E-state index contributed by atoms with van der Waals surface area (Å²) >= 11 is 3.78. The number of ether oxygens (including phenoxy) is 3. The van der Waals surface area contributed by atoms with E-state index in [4.69, 9.17) is 20.6 Å². The Morgan fingerprint density at radius 1 is 0.636 bits per heavy atom. The minimum atomic E-state index is -1.12. The minimum absolute atomic E-state index is 0.00951. The van der Waals surface area contributed by atoms with Gasteiger partial charge in [0.1, 0.15) is 24.0 Å². The molecule has 4 aliphatic rings. The van der Waals surface area contributed by atoms with Crippen LogP contribution in [0, 0.1) is 12.3 Å². The first-order valence-corrected chi connectivity index (χ1v) is 29.5. The Bertz CT molecular complexity index is 2100. The Kier molecular flexibility index (Phi) is 26.0. The summed E-state index contributed by atoms with van der Waals surface area (Å²) in [6.45, 7) is 12.6. The number of hydrogen-bond acceptors (Lipinski definition) is 13. The van der Waals surface area contributed by atoms with Crippen molar-refractivity contribution in [2.24, 2.45) is 9.98 Å². The number of carbonyl (C=O) groups excluding carboxylic acids is 6. The number of nitrogens with one attached hydrogen (secondary N) is 9. The van der Waals surface area contributed by atoms with E-state index < -0.39 is 29.6 Å². The molecule has 4 fully saturated rings. The highest BCUT2D eigenvalue weighted by Gasteiger charge is 2.43. The molecular weight excluding hydrogens is 1030 g/mol. The number of aliphatic hydroxyl groups is 1. The van der Waals surface area contributed by atoms with Crippen LogP contribution in [-0.4, -0.2) is 143 Å². The number of anilines is 2. The van der Waals surface area contributed by atoms with Gasteiger partial charge in [-0.1, -0.05) is 31.6 Å². The van der Waals surface area contributed by atoms with Crippen LogP contribution in [0.25, 0.3) is 0 Å². The predicted molar refractivity (Wildman–Crippen MR) is 304 cm³/mol. The number of terminal acetylenes is 1. The summed E-state index contributed by atoms with van der Waals surface area (Å²) in [5.41, 5.74) is 0.0538. The second-order valence-electron chi connectivity index (χ2n) is 21.8. The van der Waals surface area contributed by atoms with Gasteiger partial charge in [0.05, 0.1) is 30.8 Å². The molecule has 0 radical (unpaired) electrons. The highest BCUT2D eigenvalue weighted by molar-refractivity contribution is 8.00. The van der Waals surface area contributed by atoms with Crippen molar-refractivity contribution in [3.8, 4) is 12.3 Å². The minimum Gasteiger partial charge on any atom is -0.442 e. The van der Waals surface area contributed by atoms with Crippen LogP contribution in [0.1, 0.15) is 156 Å². The summed E-state index contributed by atoms with van der Waals surface area (Å²) in [5, 5.41) is 39.7. The number of hydrogen-bond donors (Lipinski definition) is 10. The molecule has 10 N–H and O–H groups in total. The molecule has 1 aromatic carbocycles. The summed E-state index contributed by atoms with van der Waals surface area (Å²) in [6, 6.07) is 5.69. The molecule has 0 aromatic heterocycles. The van der Waals surface area contributed by atoms with Gasteiger partial charge in [-0.2, -0.15) is 23.5 Å². The van der Waals surface area contributed by atoms with E-state index in [0.717, 1.165) is 75.7 Å². The Balaban J connectivity index is 0.926. The summed E-state index contributed by atoms with van der Waals surface area (Å²) in [4.78, 5) is 83.6. The quantitative estimate of drug-likeness (QED) is 0.0242. The number of fused-ring (bicyclic) bond motifs is 2. The van der Waals surface area contributed by atoms with Crippen molar-refractivity contribution in [2.45, 2.75) is 196 Å². The summed E-state index contributed by atoms with van der Waals surface area (Å²) in [5.74, 6) is 4.72. The highest BCUT2D eigenvalue weighted by Crippen LogP contribution is 2.35. The van der Waals surface area contributed by atoms with Gasteiger partial charge in [0.2, 0.25) is 35.5 Å². The number of aliphatic hydroxyl groups excluding tert-OH is 1. The fourth-order valence-electron chi connectivity index (χ4n) is 9.18. The number of unbranched alkanes of at least 4 members (excludes halogenated alkanes) is 6. The number of carbonyl (C=O) groups is 6. The zero-order chi connectivity index (χ0) is 55.8. The second kappa shape index (κ2) is 32.0. The normalized spacial score (nSPS) is 21.8. The molecule has 4 aliphatic heterocycles. The molecule has 0 spiro atoms. The topological polar surface area (TPSA) is 283 Å². The van der Waals surface area contributed by atoms with Gasteiger partial charge >= 0.3 is 12.2 Å². The molecule has 0 saturated carbocycles. The largest absolute Gasteiger partial charge is 0.442 e. The fourth-order valence-corrected chi connectivity index (χ4v) is 12.3. The van der Waals surface area contributed by atoms with Crippen molar-refractivity contribution >= 4 is 82.6 Å². The number of rotatable bonds is 30. The van der Waals surface area contributed by atoms with Crippen LogP contribution in [0.4, 0.5) is 21.0 Å². The van der Waals surface area contributed by atoms with Gasteiger partial charge in [-0.25, -0.2) is 9.59 Å². The molecule has 4 heterocycles. The van der Waals surface area contributed by atoms with Crippen molar-refractivity contribution in [2.75, 3.05) is 55.0 Å². The van der Waals surface area contributed by atoms with Crippen LogP contribution in [-0.2, 0) is 33.4 Å². The third-order valence-electron chi connectivity index (χ3n) is 12.8. The highest BCUT2D eigenvalue weighted by atomic mass is 32.2. The Morgan fingerprint density at radius 2 is 1.08 bits per heavy atom. The lowest BCUT2D eigenvalue weighted by Crippen LogP contribution is -2.37. The van der Waals surface area contributed by atoms with Crippen molar-refractivity contribution in [3.63, 3.8) is 0 Å². The van der Waals surface area contributed by atoms with Crippen molar-refractivity contribution in [1.29, 1.82) is 0 Å². The molecule has 0 bridgehead atoms. The second-order valence-corrected chi connectivity index (χ2v) is 24.4. The summed E-state index contributed by atoms with van der Waals surface area (Å²) < 4.78 is 15.9. The monoisotopic (exact) mass is 1110 g/mol. The van der Waals surface area contributed by atoms with Crippen molar-refractivity contribution in [3.05, 3.63) is 23.8 Å². The van der Waals surface area contributed by atoms with Gasteiger partial charge in [-0.3, -0.25) is 24.5 Å². The molecule has 7 atom stereocenters. The molecule has 5 rings (SSSR count). The first-order chi connectivity index (χ1) is 36.7. The van der Waals surface area contributed by atoms with E-state index in [0.29, 0.717) is 84.7 Å². The Hall–Kier alpha value is -5.28. The van der Waals surface area contributed by atoms with E-state index in [1.54, 1.807) is 59.7 Å². The van der Waals surface area contributed by atoms with Crippen LogP contribution >= 0.6 is 23.5 Å². The average molecular weight is 1110 g/mol. The molecule has 77 heavy (non-hydrogen) atoms. The van der Waals surface area contributed by atoms with Crippen LogP contribution in [0.5, 0.6) is 0 Å². The first-order valence-electron chi connectivity index (χ1n) is 27.4. The molecule has 21 nitrogen and oxygen atoms in total. The predicted octanol–water partition coefficient (Wildman–Crippen LogP) is 5.94. The Morgan fingerprint density at radius 3 is 1.52 bits per heavy atom. The lowest BCUT2D eigenvalue weighted by atomic mass is 10.0. The van der Waals surface area contributed by atoms with E-state index in [-0.39, 0.29) is 73.9 Å². The van der Waals surface area contributed by atoms with Gasteiger partial charge in [0, 0.05) is 78.7 Å². The average Bonchev–Trinajstić information content (AvgIpc) is 4.14. The van der Waals surface area contributed by atoms with Gasteiger partial charge in [-0.05, 0) is 117 Å². The van der Waals surface area contributed by atoms with Crippen molar-refractivity contribution < 1.29 is 48.1 Å². The van der Waals surface area contributed by atoms with Gasteiger partial charge in [-0.15, -0.1) is 16.4 Å². The molecule has 428 valence electrons. The summed E-state index contributed by atoms with van der Waals surface area (Å²) in [6.07, 6.45) is 13.7. The molecule has 4 saturated heterocycles. The number of thioether (sulfide) groups is 2. The van der Waals surface area contributed by atoms with Crippen LogP contribution < -0.4 is 47.9 Å². The summed E-state index contributed by atoms with van der Waals surface area (Å²) in [7, 11) is 0. The van der Waals surface area contributed by atoms with Gasteiger partial charge in [0.25, 0.3) is 0 Å². The lowest BCUT2D eigenvalue weighted by Gasteiger charge is -2.18. The van der Waals surface area contributed by atoms with Gasteiger partial charge in [0.15, 0.2) is 0 Å². The van der Waals surface area contributed by atoms with Crippen LogP contribution in [0.2, 0.25) is 0 Å². The number of benzene rings is 1. The van der Waals surface area contributed by atoms with E-state index >= 15 is 0 Å². The standard InChI is InChI=1S/C54H85N11O10S2/c1-8-28-73-29-27-57-48(70)35-30-36(58-44(68)23-11-9-17-25-55-42(66)21-15-13-19-40-46-38(33-76-40)60-49(62-46)64-51(71)74-53(2,3)4)32-37(31-35)59-45(69)24-12-10-18-26-56-43(67)22-16-14-20-41-47-39(34-77-41)61-50(63-47)65-52(72)75-54(5,6)7/h1,30-32,38-41,46-48,57,70H,9-29,33-34H2,2-7H3,(H,55,66)(H,56,67)(H,58,68)(H,59,69)(H2,60,62,64,71)(H2,61,63,65,72). The zero-order valence-electron chi connectivity index (χ0n) is 45.9.